The molecule has 2 nitrogen and oxygen atoms in total. The van der Waals surface area contributed by atoms with Gasteiger partial charge >= 0.3 is 0 Å². The van der Waals surface area contributed by atoms with Crippen molar-refractivity contribution in [1.82, 2.24) is 0 Å². The fraction of sp³-hybridized carbons (Fsp3) is 0.182. The molecule has 25 heavy (non-hydrogen) atoms. The maximum Gasteiger partial charge on any atom is 0.119 e. The molecule has 3 aromatic carbocycles. The van der Waals surface area contributed by atoms with Crippen molar-refractivity contribution in [3.05, 3.63) is 95.0 Å². The van der Waals surface area contributed by atoms with E-state index in [1.165, 1.54) is 16.8 Å². The molecule has 126 valence electrons. The van der Waals surface area contributed by atoms with E-state index in [9.17, 15) is 0 Å². The van der Waals surface area contributed by atoms with Crippen molar-refractivity contribution in [2.45, 2.75) is 18.5 Å². The molecular weight excluding hydrogens is 330 g/mol. The minimum absolute atomic E-state index is 0.0797. The van der Waals surface area contributed by atoms with Gasteiger partial charge < -0.3 is 9.64 Å². The van der Waals surface area contributed by atoms with Crippen LogP contribution in [-0.2, 0) is 5.54 Å². The lowest BCUT2D eigenvalue weighted by molar-refractivity contribution is 0.415. The van der Waals surface area contributed by atoms with E-state index in [0.29, 0.717) is 0 Å². The molecule has 0 radical (unpaired) electrons. The molecule has 0 unspecified atom stereocenters. The number of hydrogen-bond acceptors (Lipinski definition) is 2. The molecule has 1 aliphatic heterocycles. The molecule has 0 aromatic heterocycles. The zero-order chi connectivity index (χ0) is 17.4. The second-order valence-corrected chi connectivity index (χ2v) is 6.97. The monoisotopic (exact) mass is 349 g/mol. The lowest BCUT2D eigenvalue weighted by Crippen LogP contribution is -2.11. The number of halogens is 1. The molecular formula is C22H20ClNO. The first-order valence-corrected chi connectivity index (χ1v) is 8.77. The summed E-state index contributed by atoms with van der Waals surface area (Å²) >= 11 is 6.08. The molecule has 2 atom stereocenters. The minimum Gasteiger partial charge on any atom is -0.497 e. The van der Waals surface area contributed by atoms with Gasteiger partial charge in [0.2, 0.25) is 0 Å². The molecule has 0 saturated carbocycles. The van der Waals surface area contributed by atoms with Crippen LogP contribution >= 0.6 is 11.6 Å². The first kappa shape index (κ1) is 16.0. The second-order valence-electron chi connectivity index (χ2n) is 6.54. The van der Waals surface area contributed by atoms with Gasteiger partial charge in [-0.25, -0.2) is 0 Å². The lowest BCUT2D eigenvalue weighted by atomic mass is 9.93. The van der Waals surface area contributed by atoms with E-state index in [1.54, 1.807) is 7.11 Å². The van der Waals surface area contributed by atoms with Gasteiger partial charge in [0.15, 0.2) is 0 Å². The summed E-state index contributed by atoms with van der Waals surface area (Å²) in [5.41, 5.74) is 3.69. The Morgan fingerprint density at radius 2 is 1.52 bits per heavy atom. The lowest BCUT2D eigenvalue weighted by Gasteiger charge is -2.14. The Labute approximate surface area is 153 Å². The quantitative estimate of drug-likeness (QED) is 0.550. The molecule has 0 bridgehead atoms. The van der Waals surface area contributed by atoms with Gasteiger partial charge in [0.25, 0.3) is 0 Å². The van der Waals surface area contributed by atoms with Gasteiger partial charge in [0, 0.05) is 10.7 Å². The summed E-state index contributed by atoms with van der Waals surface area (Å²) in [7, 11) is 1.69. The Morgan fingerprint density at radius 1 is 0.880 bits per heavy atom. The van der Waals surface area contributed by atoms with Gasteiger partial charge in [-0.15, -0.1) is 0 Å². The number of ether oxygens (including phenoxy) is 1. The van der Waals surface area contributed by atoms with Crippen molar-refractivity contribution < 1.29 is 4.74 Å². The Kier molecular flexibility index (Phi) is 3.93. The van der Waals surface area contributed by atoms with E-state index in [-0.39, 0.29) is 11.6 Å². The van der Waals surface area contributed by atoms with Crippen LogP contribution in [0.1, 0.15) is 24.1 Å². The Balaban J connectivity index is 1.77. The van der Waals surface area contributed by atoms with Crippen molar-refractivity contribution in [2.75, 3.05) is 12.0 Å². The molecule has 3 aromatic rings. The molecule has 4 rings (SSSR count). The fourth-order valence-corrected chi connectivity index (χ4v) is 3.87. The fourth-order valence-electron chi connectivity index (χ4n) is 3.74. The van der Waals surface area contributed by atoms with E-state index in [2.05, 4.69) is 66.4 Å². The highest BCUT2D eigenvalue weighted by Gasteiger charge is 2.60. The number of nitrogens with zero attached hydrogens (tertiary/aromatic N) is 1. The zero-order valence-corrected chi connectivity index (χ0v) is 15.1. The molecule has 0 spiro atoms. The second kappa shape index (κ2) is 6.12. The number of hydrogen-bond donors (Lipinski definition) is 0. The smallest absolute Gasteiger partial charge is 0.119 e. The average molecular weight is 350 g/mol. The predicted molar refractivity (Wildman–Crippen MR) is 103 cm³/mol. The maximum atomic E-state index is 6.08. The third-order valence-corrected chi connectivity index (χ3v) is 5.37. The number of methoxy groups -OCH3 is 1. The summed E-state index contributed by atoms with van der Waals surface area (Å²) < 4.78 is 5.30. The zero-order valence-electron chi connectivity index (χ0n) is 14.3. The minimum atomic E-state index is -0.0797. The van der Waals surface area contributed by atoms with Crippen LogP contribution in [0, 0.1) is 0 Å². The van der Waals surface area contributed by atoms with Crippen LogP contribution in [0.3, 0.4) is 0 Å². The molecule has 1 aliphatic rings. The molecule has 1 saturated heterocycles. The van der Waals surface area contributed by atoms with Crippen LogP contribution < -0.4 is 9.64 Å². The van der Waals surface area contributed by atoms with E-state index in [0.717, 1.165) is 10.8 Å². The first-order valence-electron chi connectivity index (χ1n) is 8.39. The normalized spacial score (nSPS) is 21.9. The topological polar surface area (TPSA) is 12.2 Å². The van der Waals surface area contributed by atoms with Crippen LogP contribution in [0.4, 0.5) is 5.69 Å². The molecule has 0 N–H and O–H groups in total. The first-order chi connectivity index (χ1) is 12.1. The van der Waals surface area contributed by atoms with Gasteiger partial charge in [-0.2, -0.15) is 0 Å². The van der Waals surface area contributed by atoms with Crippen molar-refractivity contribution >= 4 is 17.3 Å². The standard InChI is InChI=1S/C22H20ClNO/c1-22(17-6-4-3-5-7-17)21(16-8-10-18(23)11-9-16)24(22)19-12-14-20(25-2)15-13-19/h3-15,21H,1-2H3/t21-,22-,24?/m1/s1. The van der Waals surface area contributed by atoms with Crippen LogP contribution in [0.5, 0.6) is 5.75 Å². The van der Waals surface area contributed by atoms with Crippen LogP contribution in [0.2, 0.25) is 5.02 Å². The van der Waals surface area contributed by atoms with Crippen molar-refractivity contribution in [1.29, 1.82) is 0 Å². The third kappa shape index (κ3) is 2.67. The van der Waals surface area contributed by atoms with E-state index in [1.807, 2.05) is 24.3 Å². The van der Waals surface area contributed by atoms with Gasteiger partial charge in [0.05, 0.1) is 18.7 Å². The van der Waals surface area contributed by atoms with E-state index >= 15 is 0 Å². The highest BCUT2D eigenvalue weighted by molar-refractivity contribution is 6.30. The van der Waals surface area contributed by atoms with Crippen LogP contribution in [0.25, 0.3) is 0 Å². The Morgan fingerprint density at radius 3 is 2.12 bits per heavy atom. The summed E-state index contributed by atoms with van der Waals surface area (Å²) in [6.07, 6.45) is 0. The van der Waals surface area contributed by atoms with Crippen LogP contribution in [0.15, 0.2) is 78.9 Å². The maximum absolute atomic E-state index is 6.08. The third-order valence-electron chi connectivity index (χ3n) is 5.12. The van der Waals surface area contributed by atoms with Crippen LogP contribution in [-0.4, -0.2) is 7.11 Å². The highest BCUT2D eigenvalue weighted by Crippen LogP contribution is 2.61. The summed E-state index contributed by atoms with van der Waals surface area (Å²) in [5.74, 6) is 0.870. The van der Waals surface area contributed by atoms with Gasteiger partial charge in [0.1, 0.15) is 5.75 Å². The molecule has 1 heterocycles. The van der Waals surface area contributed by atoms with Gasteiger partial charge in [-0.05, 0) is 54.4 Å². The van der Waals surface area contributed by atoms with Gasteiger partial charge in [-0.1, -0.05) is 54.1 Å². The van der Waals surface area contributed by atoms with Crippen molar-refractivity contribution in [3.8, 4) is 5.75 Å². The average Bonchev–Trinajstić information content (AvgIpc) is 3.30. The van der Waals surface area contributed by atoms with Crippen molar-refractivity contribution in [3.63, 3.8) is 0 Å². The van der Waals surface area contributed by atoms with E-state index in [4.69, 9.17) is 16.3 Å². The molecule has 1 fully saturated rings. The Bertz CT molecular complexity index is 861. The SMILES string of the molecule is COc1ccc(N2[C@H](c3ccc(Cl)cc3)[C@@]2(C)c2ccccc2)cc1. The summed E-state index contributed by atoms with van der Waals surface area (Å²) in [4.78, 5) is 2.45. The number of benzene rings is 3. The molecule has 0 amide bonds. The van der Waals surface area contributed by atoms with Crippen molar-refractivity contribution in [2.24, 2.45) is 0 Å². The summed E-state index contributed by atoms with van der Waals surface area (Å²) in [5, 5.41) is 0.766. The summed E-state index contributed by atoms with van der Waals surface area (Å²) in [6.45, 7) is 2.30. The molecule has 0 aliphatic carbocycles. The predicted octanol–water partition coefficient (Wildman–Crippen LogP) is 5.83. The largest absolute Gasteiger partial charge is 0.497 e. The van der Waals surface area contributed by atoms with Gasteiger partial charge in [-0.3, -0.25) is 0 Å². The number of anilines is 1. The highest BCUT2D eigenvalue weighted by atomic mass is 35.5. The molecule has 3 heteroatoms. The Hall–Kier alpha value is -2.45. The number of rotatable bonds is 4. The van der Waals surface area contributed by atoms with E-state index < -0.39 is 0 Å². The summed E-state index contributed by atoms with van der Waals surface area (Å²) in [6, 6.07) is 27.4.